The van der Waals surface area contributed by atoms with Crippen molar-refractivity contribution >= 4 is 23.7 Å². The number of aromatic nitrogens is 2. The number of fused-ring (bicyclic) bond motifs is 1. The lowest BCUT2D eigenvalue weighted by atomic mass is 10.2. The third-order valence-electron chi connectivity index (χ3n) is 4.64. The predicted octanol–water partition coefficient (Wildman–Crippen LogP) is 3.95. The molecule has 0 N–H and O–H groups in total. The molecule has 0 saturated carbocycles. The lowest BCUT2D eigenvalue weighted by molar-refractivity contribution is -0.114. The fraction of sp³-hybridized carbons (Fsp3) is 0.167. The first-order valence-electron chi connectivity index (χ1n) is 9.78. The van der Waals surface area contributed by atoms with Gasteiger partial charge in [0.25, 0.3) is 5.91 Å². The lowest BCUT2D eigenvalue weighted by Gasteiger charge is -2.23. The summed E-state index contributed by atoms with van der Waals surface area (Å²) in [5.74, 6) is 1.22. The Labute approximate surface area is 175 Å². The van der Waals surface area contributed by atoms with E-state index in [2.05, 4.69) is 5.10 Å². The van der Waals surface area contributed by atoms with E-state index < -0.39 is 0 Å². The fourth-order valence-corrected chi connectivity index (χ4v) is 3.16. The second-order valence-corrected chi connectivity index (χ2v) is 6.87. The molecule has 152 valence electrons. The van der Waals surface area contributed by atoms with Gasteiger partial charge >= 0.3 is 0 Å². The van der Waals surface area contributed by atoms with Crippen molar-refractivity contribution in [2.75, 3.05) is 24.7 Å². The molecule has 0 fully saturated rings. The van der Waals surface area contributed by atoms with Gasteiger partial charge in [-0.05, 0) is 23.8 Å². The van der Waals surface area contributed by atoms with Crippen LogP contribution in [0.1, 0.15) is 11.1 Å². The Balaban J connectivity index is 1.57. The number of nitrogens with zero attached hydrogens (tertiary/aromatic N) is 3. The number of hydrogen-bond donors (Lipinski definition) is 0. The summed E-state index contributed by atoms with van der Waals surface area (Å²) in [4.78, 5) is 14.7. The predicted molar refractivity (Wildman–Crippen MR) is 118 cm³/mol. The average Bonchev–Trinajstić information content (AvgIpc) is 3.20. The minimum atomic E-state index is -0.131. The molecular formula is C24H23N3O3. The standard InChI is InChI=1S/C24H23N3O3/c1-26-18-20(17-25-26)9-12-24(28)27(13-5-8-19-6-3-2-4-7-19)21-10-11-22-23(16-21)30-15-14-29-22/h2-12,16-18H,13-15H2,1H3/b8-5+,12-9-. The van der Waals surface area contributed by atoms with Gasteiger partial charge in [0, 0.05) is 43.2 Å². The van der Waals surface area contributed by atoms with E-state index in [-0.39, 0.29) is 5.91 Å². The molecule has 0 atom stereocenters. The molecule has 30 heavy (non-hydrogen) atoms. The molecule has 4 rings (SSSR count). The Kier molecular flexibility index (Phi) is 5.94. The lowest BCUT2D eigenvalue weighted by Crippen LogP contribution is -2.29. The second-order valence-electron chi connectivity index (χ2n) is 6.87. The summed E-state index contributed by atoms with van der Waals surface area (Å²) in [6.07, 6.45) is 10.9. The van der Waals surface area contributed by atoms with Crippen molar-refractivity contribution in [3.05, 3.63) is 84.2 Å². The van der Waals surface area contributed by atoms with Crippen molar-refractivity contribution in [3.63, 3.8) is 0 Å². The van der Waals surface area contributed by atoms with Crippen LogP contribution in [-0.2, 0) is 11.8 Å². The van der Waals surface area contributed by atoms with Crippen LogP contribution in [0.2, 0.25) is 0 Å². The van der Waals surface area contributed by atoms with Crippen molar-refractivity contribution in [2.45, 2.75) is 0 Å². The smallest absolute Gasteiger partial charge is 0.251 e. The summed E-state index contributed by atoms with van der Waals surface area (Å²) >= 11 is 0. The van der Waals surface area contributed by atoms with Crippen LogP contribution < -0.4 is 14.4 Å². The van der Waals surface area contributed by atoms with E-state index in [1.807, 2.05) is 73.9 Å². The first-order chi connectivity index (χ1) is 14.7. The summed E-state index contributed by atoms with van der Waals surface area (Å²) in [5, 5.41) is 4.13. The second kappa shape index (κ2) is 9.13. The van der Waals surface area contributed by atoms with E-state index >= 15 is 0 Å². The first-order valence-corrected chi connectivity index (χ1v) is 9.78. The molecule has 1 aliphatic rings. The zero-order valence-corrected chi connectivity index (χ0v) is 16.8. The Morgan fingerprint density at radius 2 is 1.87 bits per heavy atom. The van der Waals surface area contributed by atoms with Gasteiger partial charge < -0.3 is 14.4 Å². The molecule has 0 unspecified atom stereocenters. The molecule has 3 aromatic rings. The minimum absolute atomic E-state index is 0.131. The van der Waals surface area contributed by atoms with Crippen LogP contribution in [-0.4, -0.2) is 35.4 Å². The monoisotopic (exact) mass is 401 g/mol. The third-order valence-corrected chi connectivity index (χ3v) is 4.64. The minimum Gasteiger partial charge on any atom is -0.486 e. The Hall–Kier alpha value is -3.80. The molecule has 1 aromatic heterocycles. The quantitative estimate of drug-likeness (QED) is 0.587. The highest BCUT2D eigenvalue weighted by molar-refractivity contribution is 6.04. The van der Waals surface area contributed by atoms with Gasteiger partial charge in [-0.2, -0.15) is 5.10 Å². The van der Waals surface area contributed by atoms with Gasteiger partial charge in [0.05, 0.1) is 6.20 Å². The van der Waals surface area contributed by atoms with Crippen LogP contribution >= 0.6 is 0 Å². The van der Waals surface area contributed by atoms with Crippen molar-refractivity contribution in [2.24, 2.45) is 7.05 Å². The van der Waals surface area contributed by atoms with Crippen molar-refractivity contribution in [3.8, 4) is 11.5 Å². The number of amides is 1. The maximum atomic E-state index is 13.0. The van der Waals surface area contributed by atoms with E-state index in [1.54, 1.807) is 27.9 Å². The number of benzene rings is 2. The maximum Gasteiger partial charge on any atom is 0.251 e. The summed E-state index contributed by atoms with van der Waals surface area (Å²) in [5.41, 5.74) is 2.70. The highest BCUT2D eigenvalue weighted by atomic mass is 16.6. The highest BCUT2D eigenvalue weighted by Gasteiger charge is 2.17. The molecule has 0 bridgehead atoms. The van der Waals surface area contributed by atoms with Crippen LogP contribution in [0.25, 0.3) is 12.2 Å². The van der Waals surface area contributed by atoms with E-state index in [0.717, 1.165) is 16.8 Å². The third kappa shape index (κ3) is 4.78. The first kappa shape index (κ1) is 19.5. The molecular weight excluding hydrogens is 378 g/mol. The Bertz CT molecular complexity index is 1070. The summed E-state index contributed by atoms with van der Waals surface area (Å²) < 4.78 is 13.0. The zero-order valence-electron chi connectivity index (χ0n) is 16.8. The number of hydrogen-bond acceptors (Lipinski definition) is 4. The molecule has 0 aliphatic carbocycles. The van der Waals surface area contributed by atoms with E-state index in [0.29, 0.717) is 31.3 Å². The van der Waals surface area contributed by atoms with Crippen molar-refractivity contribution < 1.29 is 14.3 Å². The Morgan fingerprint density at radius 3 is 2.63 bits per heavy atom. The maximum absolute atomic E-state index is 13.0. The normalized spacial score (nSPS) is 13.1. The van der Waals surface area contributed by atoms with Gasteiger partial charge in [-0.1, -0.05) is 42.5 Å². The fourth-order valence-electron chi connectivity index (χ4n) is 3.16. The largest absolute Gasteiger partial charge is 0.486 e. The van der Waals surface area contributed by atoms with Crippen LogP contribution in [0.3, 0.4) is 0 Å². The molecule has 2 heterocycles. The van der Waals surface area contributed by atoms with E-state index in [4.69, 9.17) is 9.47 Å². The van der Waals surface area contributed by atoms with Crippen LogP contribution in [0.4, 0.5) is 5.69 Å². The summed E-state index contributed by atoms with van der Waals surface area (Å²) in [6.45, 7) is 1.45. The van der Waals surface area contributed by atoms with Crippen molar-refractivity contribution in [1.82, 2.24) is 9.78 Å². The average molecular weight is 401 g/mol. The van der Waals surface area contributed by atoms with Crippen LogP contribution in [0, 0.1) is 0 Å². The van der Waals surface area contributed by atoms with Gasteiger partial charge in [-0.15, -0.1) is 0 Å². The Morgan fingerprint density at radius 1 is 1.07 bits per heavy atom. The molecule has 6 heteroatoms. The van der Waals surface area contributed by atoms with E-state index in [1.165, 1.54) is 0 Å². The molecule has 2 aromatic carbocycles. The SMILES string of the molecule is Cn1cc(/C=C\C(=O)N(C/C=C/c2ccccc2)c2ccc3c(c2)OCCO3)cn1. The number of aryl methyl sites for hydroxylation is 1. The highest BCUT2D eigenvalue weighted by Crippen LogP contribution is 2.34. The van der Waals surface area contributed by atoms with E-state index in [9.17, 15) is 4.79 Å². The number of rotatable bonds is 6. The number of carbonyl (C=O) groups excluding carboxylic acids is 1. The van der Waals surface area contributed by atoms with Gasteiger partial charge in [0.1, 0.15) is 13.2 Å². The van der Waals surface area contributed by atoms with Crippen molar-refractivity contribution in [1.29, 1.82) is 0 Å². The van der Waals surface area contributed by atoms with Crippen LogP contribution in [0.15, 0.2) is 73.1 Å². The van der Waals surface area contributed by atoms with Gasteiger partial charge in [-0.25, -0.2) is 0 Å². The number of anilines is 1. The molecule has 1 aliphatic heterocycles. The molecule has 1 amide bonds. The molecule has 0 saturated heterocycles. The topological polar surface area (TPSA) is 56.6 Å². The molecule has 0 radical (unpaired) electrons. The van der Waals surface area contributed by atoms with Gasteiger partial charge in [-0.3, -0.25) is 9.48 Å². The molecule has 0 spiro atoms. The zero-order chi connectivity index (χ0) is 20.8. The van der Waals surface area contributed by atoms with Gasteiger partial charge in [0.2, 0.25) is 0 Å². The summed E-state index contributed by atoms with van der Waals surface area (Å²) in [6, 6.07) is 15.6. The van der Waals surface area contributed by atoms with Crippen LogP contribution in [0.5, 0.6) is 11.5 Å². The number of ether oxygens (including phenoxy) is 2. The summed E-state index contributed by atoms with van der Waals surface area (Å²) in [7, 11) is 1.84. The molecule has 6 nitrogen and oxygen atoms in total. The van der Waals surface area contributed by atoms with Gasteiger partial charge in [0.15, 0.2) is 11.5 Å². The number of carbonyl (C=O) groups is 1.